The van der Waals surface area contributed by atoms with Crippen LogP contribution < -0.4 is 0 Å². The van der Waals surface area contributed by atoms with E-state index in [2.05, 4.69) is 4.99 Å². The molecule has 0 atom stereocenters. The minimum absolute atomic E-state index is 0.251. The van der Waals surface area contributed by atoms with Crippen LogP contribution in [0.2, 0.25) is 0 Å². The first-order valence-electron chi connectivity index (χ1n) is 6.90. The Bertz CT molecular complexity index is 700. The molecule has 120 valence electrons. The van der Waals surface area contributed by atoms with Crippen LogP contribution >= 0.6 is 23.2 Å². The molecule has 4 nitrogen and oxygen atoms in total. The molecule has 0 saturated carbocycles. The van der Waals surface area contributed by atoms with E-state index in [0.717, 1.165) is 16.8 Å². The van der Waals surface area contributed by atoms with E-state index in [9.17, 15) is 4.79 Å². The zero-order chi connectivity index (χ0) is 16.7. The minimum Gasteiger partial charge on any atom is -0.478 e. The molecule has 3 rings (SSSR count). The third-order valence-electron chi connectivity index (χ3n) is 3.01. The van der Waals surface area contributed by atoms with E-state index in [0.29, 0.717) is 24.3 Å². The maximum Gasteiger partial charge on any atom is 0.335 e. The lowest BCUT2D eigenvalue weighted by molar-refractivity contribution is 0.0696. The van der Waals surface area contributed by atoms with Gasteiger partial charge in [0, 0.05) is 22.9 Å². The SMILES string of the molecule is ClCCCl.O=C(O)c1ccc2c(c1)COC(c1ccccc1)=N2. The summed E-state index contributed by atoms with van der Waals surface area (Å²) in [5, 5.41) is 8.94. The average Bonchev–Trinajstić information content (AvgIpc) is 2.61. The van der Waals surface area contributed by atoms with Gasteiger partial charge in [0.05, 0.1) is 11.3 Å². The standard InChI is InChI=1S/C15H11NO3.C2H4Cl2/c17-15(18)11-6-7-13-12(8-11)9-19-14(16-13)10-4-2-1-3-5-10;3-1-2-4/h1-8H,9H2,(H,17,18);1-2H2. The number of alkyl halides is 2. The predicted molar refractivity (Wildman–Crippen MR) is 92.3 cm³/mol. The van der Waals surface area contributed by atoms with Crippen molar-refractivity contribution in [3.8, 4) is 0 Å². The summed E-state index contributed by atoms with van der Waals surface area (Å²) >= 11 is 10.1. The molecule has 0 aliphatic carbocycles. The summed E-state index contributed by atoms with van der Waals surface area (Å²) < 4.78 is 5.58. The fourth-order valence-electron chi connectivity index (χ4n) is 1.96. The molecule has 0 aromatic heterocycles. The van der Waals surface area contributed by atoms with Crippen molar-refractivity contribution in [3.63, 3.8) is 0 Å². The molecule has 1 heterocycles. The van der Waals surface area contributed by atoms with Gasteiger partial charge in [-0.3, -0.25) is 0 Å². The lowest BCUT2D eigenvalue weighted by atomic mass is 10.1. The number of rotatable bonds is 3. The topological polar surface area (TPSA) is 58.9 Å². The van der Waals surface area contributed by atoms with Gasteiger partial charge < -0.3 is 9.84 Å². The van der Waals surface area contributed by atoms with Crippen molar-refractivity contribution in [1.29, 1.82) is 0 Å². The number of carboxylic acids is 1. The van der Waals surface area contributed by atoms with Crippen molar-refractivity contribution >= 4 is 40.8 Å². The third-order valence-corrected chi connectivity index (χ3v) is 3.58. The summed E-state index contributed by atoms with van der Waals surface area (Å²) in [4.78, 5) is 15.3. The second kappa shape index (κ2) is 8.56. The van der Waals surface area contributed by atoms with Gasteiger partial charge in [-0.15, -0.1) is 23.2 Å². The van der Waals surface area contributed by atoms with E-state index in [1.807, 2.05) is 30.3 Å². The van der Waals surface area contributed by atoms with Gasteiger partial charge >= 0.3 is 5.97 Å². The highest BCUT2D eigenvalue weighted by atomic mass is 35.5. The number of fused-ring (bicyclic) bond motifs is 1. The number of ether oxygens (including phenoxy) is 1. The Morgan fingerprint density at radius 3 is 2.43 bits per heavy atom. The Kier molecular flexibility index (Phi) is 6.44. The number of hydrogen-bond donors (Lipinski definition) is 1. The zero-order valence-electron chi connectivity index (χ0n) is 12.2. The quantitative estimate of drug-likeness (QED) is 0.830. The van der Waals surface area contributed by atoms with Gasteiger partial charge in [0.1, 0.15) is 6.61 Å². The minimum atomic E-state index is -0.944. The molecule has 0 bridgehead atoms. The lowest BCUT2D eigenvalue weighted by Crippen LogP contribution is -2.11. The van der Waals surface area contributed by atoms with E-state index >= 15 is 0 Å². The molecule has 23 heavy (non-hydrogen) atoms. The van der Waals surface area contributed by atoms with Crippen LogP contribution in [0.1, 0.15) is 21.5 Å². The van der Waals surface area contributed by atoms with E-state index in [1.165, 1.54) is 0 Å². The summed E-state index contributed by atoms with van der Waals surface area (Å²) in [5.74, 6) is 0.736. The Morgan fingerprint density at radius 2 is 1.83 bits per heavy atom. The highest BCUT2D eigenvalue weighted by Gasteiger charge is 2.16. The molecule has 0 spiro atoms. The molecule has 1 aliphatic heterocycles. The second-order valence-corrected chi connectivity index (χ2v) is 5.35. The Balaban J connectivity index is 0.000000433. The normalized spacial score (nSPS) is 12.2. The van der Waals surface area contributed by atoms with Crippen LogP contribution in [-0.4, -0.2) is 28.7 Å². The van der Waals surface area contributed by atoms with Gasteiger partial charge in [-0.2, -0.15) is 0 Å². The van der Waals surface area contributed by atoms with Gasteiger partial charge in [0.25, 0.3) is 0 Å². The monoisotopic (exact) mass is 351 g/mol. The van der Waals surface area contributed by atoms with Crippen LogP contribution in [-0.2, 0) is 11.3 Å². The van der Waals surface area contributed by atoms with Crippen LogP contribution in [0.4, 0.5) is 5.69 Å². The Labute approximate surface area is 144 Å². The maximum atomic E-state index is 10.9. The van der Waals surface area contributed by atoms with Crippen LogP contribution in [0.3, 0.4) is 0 Å². The van der Waals surface area contributed by atoms with Gasteiger partial charge in [0.2, 0.25) is 5.90 Å². The first kappa shape index (κ1) is 17.3. The lowest BCUT2D eigenvalue weighted by Gasteiger charge is -2.17. The number of carbonyl (C=O) groups is 1. The number of hydrogen-bond acceptors (Lipinski definition) is 3. The molecule has 0 fully saturated rings. The number of halogens is 2. The zero-order valence-corrected chi connectivity index (χ0v) is 13.7. The highest BCUT2D eigenvalue weighted by Crippen LogP contribution is 2.27. The predicted octanol–water partition coefficient (Wildman–Crippen LogP) is 4.46. The first-order chi connectivity index (χ1) is 11.2. The first-order valence-corrected chi connectivity index (χ1v) is 7.97. The number of aliphatic imine (C=N–C) groups is 1. The number of aromatic carboxylic acids is 1. The molecule has 0 radical (unpaired) electrons. The molecule has 0 saturated heterocycles. The van der Waals surface area contributed by atoms with Crippen molar-refractivity contribution in [1.82, 2.24) is 0 Å². The number of carboxylic acid groups (broad SMARTS) is 1. The molecule has 1 aliphatic rings. The number of benzene rings is 2. The second-order valence-electron chi connectivity index (χ2n) is 4.60. The van der Waals surface area contributed by atoms with E-state index < -0.39 is 5.97 Å². The summed E-state index contributed by atoms with van der Waals surface area (Å²) in [6, 6.07) is 14.5. The molecule has 2 aromatic carbocycles. The fraction of sp³-hybridized carbons (Fsp3) is 0.176. The largest absolute Gasteiger partial charge is 0.478 e. The molecule has 6 heteroatoms. The van der Waals surface area contributed by atoms with Crippen LogP contribution in [0.15, 0.2) is 53.5 Å². The fourth-order valence-corrected chi connectivity index (χ4v) is 1.96. The Morgan fingerprint density at radius 1 is 1.13 bits per heavy atom. The van der Waals surface area contributed by atoms with Gasteiger partial charge in [-0.05, 0) is 30.3 Å². The Hall–Kier alpha value is -2.04. The highest BCUT2D eigenvalue weighted by molar-refractivity contribution is 6.25. The van der Waals surface area contributed by atoms with Crippen molar-refractivity contribution in [2.24, 2.45) is 4.99 Å². The van der Waals surface area contributed by atoms with E-state index in [-0.39, 0.29) is 5.56 Å². The smallest absolute Gasteiger partial charge is 0.335 e. The van der Waals surface area contributed by atoms with Crippen LogP contribution in [0, 0.1) is 0 Å². The molecular formula is C17H15Cl2NO3. The molecule has 0 amide bonds. The van der Waals surface area contributed by atoms with Gasteiger partial charge in [0.15, 0.2) is 0 Å². The summed E-state index contributed by atoms with van der Waals surface area (Å²) in [7, 11) is 0. The van der Waals surface area contributed by atoms with Crippen LogP contribution in [0.5, 0.6) is 0 Å². The molecular weight excluding hydrogens is 337 g/mol. The summed E-state index contributed by atoms with van der Waals surface area (Å²) in [6.45, 7) is 0.337. The van der Waals surface area contributed by atoms with Crippen molar-refractivity contribution in [2.45, 2.75) is 6.61 Å². The summed E-state index contributed by atoms with van der Waals surface area (Å²) in [5.41, 5.74) is 2.71. The molecule has 2 aromatic rings. The van der Waals surface area contributed by atoms with Crippen molar-refractivity contribution in [2.75, 3.05) is 11.8 Å². The van der Waals surface area contributed by atoms with Crippen molar-refractivity contribution < 1.29 is 14.6 Å². The molecule has 1 N–H and O–H groups in total. The van der Waals surface area contributed by atoms with Gasteiger partial charge in [-0.25, -0.2) is 9.79 Å². The third kappa shape index (κ3) is 4.71. The van der Waals surface area contributed by atoms with E-state index in [1.54, 1.807) is 18.2 Å². The van der Waals surface area contributed by atoms with Crippen LogP contribution in [0.25, 0.3) is 0 Å². The van der Waals surface area contributed by atoms with Gasteiger partial charge in [-0.1, -0.05) is 18.2 Å². The summed E-state index contributed by atoms with van der Waals surface area (Å²) in [6.07, 6.45) is 0. The average molecular weight is 352 g/mol. The maximum absolute atomic E-state index is 10.9. The van der Waals surface area contributed by atoms with Crippen molar-refractivity contribution in [3.05, 3.63) is 65.2 Å². The number of nitrogens with zero attached hydrogens (tertiary/aromatic N) is 1. The molecule has 0 unspecified atom stereocenters. The van der Waals surface area contributed by atoms with E-state index in [4.69, 9.17) is 33.0 Å².